The molecule has 1 aromatic rings. The summed E-state index contributed by atoms with van der Waals surface area (Å²) in [7, 11) is 1.70. The molecular weight excluding hydrogens is 330 g/mol. The Morgan fingerprint density at radius 1 is 1.19 bits per heavy atom. The Kier molecular flexibility index (Phi) is 4.78. The summed E-state index contributed by atoms with van der Waals surface area (Å²) < 4.78 is 11.8. The highest BCUT2D eigenvalue weighted by molar-refractivity contribution is 9.11. The number of ether oxygens (including phenoxy) is 2. The van der Waals surface area contributed by atoms with Crippen molar-refractivity contribution in [2.24, 2.45) is 0 Å². The Bertz CT molecular complexity index is 555. The van der Waals surface area contributed by atoms with Crippen LogP contribution in [0.3, 0.4) is 0 Å². The fourth-order valence-electron chi connectivity index (χ4n) is 3.08. The van der Waals surface area contributed by atoms with Crippen molar-refractivity contribution in [3.8, 4) is 0 Å². The van der Waals surface area contributed by atoms with E-state index >= 15 is 0 Å². The smallest absolute Gasteiger partial charge is 0.0701 e. The van der Waals surface area contributed by atoms with E-state index in [4.69, 9.17) is 9.47 Å². The summed E-state index contributed by atoms with van der Waals surface area (Å²) in [6, 6.07) is 9.06. The molecule has 112 valence electrons. The van der Waals surface area contributed by atoms with Crippen LogP contribution in [0.4, 0.5) is 5.69 Å². The molecular formula is C17H20BrNO2. The molecule has 4 heteroatoms. The van der Waals surface area contributed by atoms with Crippen LogP contribution in [0.25, 0.3) is 0 Å². The molecule has 0 radical (unpaired) electrons. The van der Waals surface area contributed by atoms with Crippen LogP contribution in [0.2, 0.25) is 0 Å². The van der Waals surface area contributed by atoms with Crippen molar-refractivity contribution in [3.05, 3.63) is 52.5 Å². The second kappa shape index (κ2) is 6.77. The molecule has 0 fully saturated rings. The van der Waals surface area contributed by atoms with E-state index in [0.717, 1.165) is 17.6 Å². The summed E-state index contributed by atoms with van der Waals surface area (Å²) >= 11 is 3.59. The minimum Gasteiger partial charge on any atom is -0.382 e. The van der Waals surface area contributed by atoms with Gasteiger partial charge in [0.05, 0.1) is 25.9 Å². The van der Waals surface area contributed by atoms with Crippen molar-refractivity contribution >= 4 is 21.6 Å². The van der Waals surface area contributed by atoms with Crippen LogP contribution in [0.1, 0.15) is 11.5 Å². The summed E-state index contributed by atoms with van der Waals surface area (Å²) in [5, 5.41) is 0. The first kappa shape index (κ1) is 14.8. The Hall–Kier alpha value is -1.10. The predicted molar refractivity (Wildman–Crippen MR) is 89.2 cm³/mol. The number of fused-ring (bicyclic) bond motifs is 3. The number of nitrogens with zero attached hydrogens (tertiary/aromatic N) is 1. The second-order valence-corrected chi connectivity index (χ2v) is 6.20. The lowest BCUT2D eigenvalue weighted by Crippen LogP contribution is -2.35. The third kappa shape index (κ3) is 3.07. The van der Waals surface area contributed by atoms with Crippen LogP contribution >= 0.6 is 15.9 Å². The van der Waals surface area contributed by atoms with Crippen molar-refractivity contribution < 1.29 is 9.47 Å². The summed E-state index contributed by atoms with van der Waals surface area (Å²) in [4.78, 5) is 2.44. The third-order valence-electron chi connectivity index (χ3n) is 4.03. The molecule has 1 aliphatic heterocycles. The molecule has 1 heterocycles. The lowest BCUT2D eigenvalue weighted by molar-refractivity contribution is 0.0738. The van der Waals surface area contributed by atoms with Gasteiger partial charge in [-0.05, 0) is 11.6 Å². The van der Waals surface area contributed by atoms with E-state index in [2.05, 4.69) is 63.3 Å². The molecule has 0 aromatic heterocycles. The van der Waals surface area contributed by atoms with Gasteiger partial charge in [-0.25, -0.2) is 0 Å². The summed E-state index contributed by atoms with van der Waals surface area (Å²) in [6.07, 6.45) is 6.73. The zero-order valence-electron chi connectivity index (χ0n) is 12.2. The molecule has 2 aliphatic rings. The second-order valence-electron chi connectivity index (χ2n) is 5.28. The first-order valence-electron chi connectivity index (χ1n) is 7.29. The fourth-order valence-corrected chi connectivity index (χ4v) is 3.51. The van der Waals surface area contributed by atoms with Crippen LogP contribution in [0.5, 0.6) is 0 Å². The number of methoxy groups -OCH3 is 1. The van der Waals surface area contributed by atoms with Crippen LogP contribution in [0.15, 0.2) is 47.0 Å². The van der Waals surface area contributed by atoms with Crippen molar-refractivity contribution in [1.29, 1.82) is 0 Å². The minimum atomic E-state index is 0.398. The van der Waals surface area contributed by atoms with Crippen molar-refractivity contribution in [1.82, 2.24) is 0 Å². The van der Waals surface area contributed by atoms with Crippen LogP contribution in [-0.2, 0) is 9.47 Å². The molecule has 1 aliphatic carbocycles. The Morgan fingerprint density at radius 2 is 2.05 bits per heavy atom. The standard InChI is InChI=1S/C17H20BrNO2/c1-20-10-11-21-9-8-19-16-5-3-2-4-14(16)15-12-13(18)6-7-17(15)19/h2-7,12,15,17H,8-11H2,1H3. The molecule has 2 atom stereocenters. The molecule has 0 bridgehead atoms. The average molecular weight is 350 g/mol. The SMILES string of the molecule is COCCOCCN1c2ccccc2C2C=C(Br)C=CC21. The molecule has 0 saturated heterocycles. The lowest BCUT2D eigenvalue weighted by Gasteiger charge is -2.29. The fraction of sp³-hybridized carbons (Fsp3) is 0.412. The van der Waals surface area contributed by atoms with Gasteiger partial charge >= 0.3 is 0 Å². The number of anilines is 1. The zero-order chi connectivity index (χ0) is 14.7. The van der Waals surface area contributed by atoms with Gasteiger partial charge in [0.1, 0.15) is 0 Å². The van der Waals surface area contributed by atoms with E-state index in [9.17, 15) is 0 Å². The van der Waals surface area contributed by atoms with E-state index in [1.54, 1.807) is 7.11 Å². The monoisotopic (exact) mass is 349 g/mol. The van der Waals surface area contributed by atoms with Gasteiger partial charge in [0.15, 0.2) is 0 Å². The molecule has 3 rings (SSSR count). The number of rotatable bonds is 6. The summed E-state index contributed by atoms with van der Waals surface area (Å²) in [5.41, 5.74) is 2.73. The quantitative estimate of drug-likeness (QED) is 0.734. The number of allylic oxidation sites excluding steroid dienone is 2. The van der Waals surface area contributed by atoms with Crippen molar-refractivity contribution in [2.45, 2.75) is 12.0 Å². The first-order chi connectivity index (χ1) is 10.3. The summed E-state index contributed by atoms with van der Waals surface area (Å²) in [6.45, 7) is 2.93. The largest absolute Gasteiger partial charge is 0.382 e. The van der Waals surface area contributed by atoms with Crippen LogP contribution < -0.4 is 4.90 Å². The van der Waals surface area contributed by atoms with Crippen LogP contribution in [-0.4, -0.2) is 39.5 Å². The van der Waals surface area contributed by atoms with Crippen LogP contribution in [0, 0.1) is 0 Å². The van der Waals surface area contributed by atoms with Gasteiger partial charge in [-0.3, -0.25) is 0 Å². The molecule has 2 unspecified atom stereocenters. The Morgan fingerprint density at radius 3 is 2.90 bits per heavy atom. The van der Waals surface area contributed by atoms with Gasteiger partial charge in [-0.15, -0.1) is 0 Å². The molecule has 0 amide bonds. The highest BCUT2D eigenvalue weighted by Gasteiger charge is 2.36. The molecule has 21 heavy (non-hydrogen) atoms. The maximum atomic E-state index is 5.64. The highest BCUT2D eigenvalue weighted by Crippen LogP contribution is 2.44. The first-order valence-corrected chi connectivity index (χ1v) is 8.08. The number of hydrogen-bond acceptors (Lipinski definition) is 3. The number of hydrogen-bond donors (Lipinski definition) is 0. The van der Waals surface area contributed by atoms with Gasteiger partial charge in [0, 0.05) is 29.7 Å². The predicted octanol–water partition coefficient (Wildman–Crippen LogP) is 3.47. The van der Waals surface area contributed by atoms with Gasteiger partial charge in [-0.1, -0.05) is 52.4 Å². The number of halogens is 1. The van der Waals surface area contributed by atoms with Gasteiger partial charge < -0.3 is 14.4 Å². The number of para-hydroxylation sites is 1. The van der Waals surface area contributed by atoms with Crippen molar-refractivity contribution in [3.63, 3.8) is 0 Å². The Labute approximate surface area is 134 Å². The van der Waals surface area contributed by atoms with E-state index in [1.807, 2.05) is 0 Å². The molecule has 0 N–H and O–H groups in total. The van der Waals surface area contributed by atoms with E-state index in [-0.39, 0.29) is 0 Å². The molecule has 0 saturated carbocycles. The zero-order valence-corrected chi connectivity index (χ0v) is 13.8. The highest BCUT2D eigenvalue weighted by atomic mass is 79.9. The van der Waals surface area contributed by atoms with Crippen molar-refractivity contribution in [2.75, 3.05) is 38.4 Å². The molecule has 0 spiro atoms. The maximum Gasteiger partial charge on any atom is 0.0701 e. The normalized spacial score (nSPS) is 23.0. The lowest BCUT2D eigenvalue weighted by atomic mass is 9.91. The van der Waals surface area contributed by atoms with Gasteiger partial charge in [0.25, 0.3) is 0 Å². The maximum absolute atomic E-state index is 5.64. The molecule has 1 aromatic carbocycles. The van der Waals surface area contributed by atoms with E-state index < -0.39 is 0 Å². The van der Waals surface area contributed by atoms with E-state index in [1.165, 1.54) is 11.3 Å². The van der Waals surface area contributed by atoms with E-state index in [0.29, 0.717) is 25.2 Å². The third-order valence-corrected chi connectivity index (χ3v) is 4.56. The van der Waals surface area contributed by atoms with Gasteiger partial charge in [0.2, 0.25) is 0 Å². The topological polar surface area (TPSA) is 21.7 Å². The minimum absolute atomic E-state index is 0.398. The molecule has 3 nitrogen and oxygen atoms in total. The summed E-state index contributed by atoms with van der Waals surface area (Å²) in [5.74, 6) is 0.430. The number of benzene rings is 1. The Balaban J connectivity index is 1.73. The average Bonchev–Trinajstić information content (AvgIpc) is 2.81. The van der Waals surface area contributed by atoms with Gasteiger partial charge in [-0.2, -0.15) is 0 Å².